The number of rotatable bonds is 5. The number of hydrogen-bond donors (Lipinski definition) is 2. The highest BCUT2D eigenvalue weighted by molar-refractivity contribution is 6.01. The maximum absolute atomic E-state index is 13.8. The largest absolute Gasteiger partial charge is 0.497 e. The molecular formula is C29H30N2O3. The standard InChI is InChI=1S/C29H30N2O3/c1-18(2)34-27-11-7-4-8-22(27)29-28-25(30-23-9-5-6-10-24(23)31-29)16-20(17-26(28)32)19-12-14-21(33-3)15-13-19/h4-15,18,20,29-31H,16-17H2,1-3H3/t20-,29-/m0/s1. The Morgan fingerprint density at radius 3 is 2.32 bits per heavy atom. The van der Waals surface area contributed by atoms with Crippen LogP contribution in [0.1, 0.15) is 49.8 Å². The molecular weight excluding hydrogens is 424 g/mol. The topological polar surface area (TPSA) is 59.6 Å². The van der Waals surface area contributed by atoms with Crippen LogP contribution in [0.15, 0.2) is 84.1 Å². The van der Waals surface area contributed by atoms with Crippen molar-refractivity contribution in [1.82, 2.24) is 0 Å². The van der Waals surface area contributed by atoms with Crippen molar-refractivity contribution in [1.29, 1.82) is 0 Å². The third kappa shape index (κ3) is 4.26. The van der Waals surface area contributed by atoms with Crippen molar-refractivity contribution in [2.45, 2.75) is 44.8 Å². The fourth-order valence-electron chi connectivity index (χ4n) is 4.92. The lowest BCUT2D eigenvalue weighted by molar-refractivity contribution is -0.116. The van der Waals surface area contributed by atoms with Crippen molar-refractivity contribution in [2.75, 3.05) is 17.7 Å². The molecule has 0 aromatic heterocycles. The predicted octanol–water partition coefficient (Wildman–Crippen LogP) is 6.46. The van der Waals surface area contributed by atoms with Crippen LogP contribution in [0.5, 0.6) is 11.5 Å². The molecule has 5 nitrogen and oxygen atoms in total. The van der Waals surface area contributed by atoms with Gasteiger partial charge in [-0.3, -0.25) is 4.79 Å². The average molecular weight is 455 g/mol. The molecule has 0 fully saturated rings. The molecule has 1 heterocycles. The Bertz CT molecular complexity index is 1230. The molecule has 0 amide bonds. The SMILES string of the molecule is COc1ccc([C@@H]2CC(=O)C3=C(C2)Nc2ccccc2N[C@H]3c2ccccc2OC(C)C)cc1. The van der Waals surface area contributed by atoms with E-state index in [0.29, 0.717) is 6.42 Å². The highest BCUT2D eigenvalue weighted by atomic mass is 16.5. The molecule has 0 bridgehead atoms. The first-order valence-corrected chi connectivity index (χ1v) is 11.8. The summed E-state index contributed by atoms with van der Waals surface area (Å²) in [5.74, 6) is 1.88. The van der Waals surface area contributed by atoms with Crippen LogP contribution in [0.4, 0.5) is 11.4 Å². The third-order valence-corrected chi connectivity index (χ3v) is 6.49. The number of hydrogen-bond acceptors (Lipinski definition) is 5. The van der Waals surface area contributed by atoms with Crippen LogP contribution in [0.25, 0.3) is 0 Å². The number of allylic oxidation sites excluding steroid dienone is 1. The summed E-state index contributed by atoms with van der Waals surface area (Å²) in [7, 11) is 1.66. The predicted molar refractivity (Wildman–Crippen MR) is 136 cm³/mol. The molecule has 1 aliphatic carbocycles. The fraction of sp³-hybridized carbons (Fsp3) is 0.276. The molecule has 0 unspecified atom stereocenters. The van der Waals surface area contributed by atoms with E-state index in [1.54, 1.807) is 7.11 Å². The van der Waals surface area contributed by atoms with Crippen molar-refractivity contribution in [3.63, 3.8) is 0 Å². The zero-order valence-electron chi connectivity index (χ0n) is 19.8. The first-order valence-electron chi connectivity index (χ1n) is 11.8. The number of nitrogens with one attached hydrogen (secondary N) is 2. The number of carbonyl (C=O) groups is 1. The quantitative estimate of drug-likeness (QED) is 0.463. The maximum atomic E-state index is 13.8. The number of carbonyl (C=O) groups excluding carboxylic acids is 1. The monoisotopic (exact) mass is 454 g/mol. The molecule has 0 radical (unpaired) electrons. The van der Waals surface area contributed by atoms with Gasteiger partial charge in [-0.25, -0.2) is 0 Å². The van der Waals surface area contributed by atoms with E-state index < -0.39 is 0 Å². The van der Waals surface area contributed by atoms with Gasteiger partial charge in [0.1, 0.15) is 11.5 Å². The smallest absolute Gasteiger partial charge is 0.163 e. The van der Waals surface area contributed by atoms with E-state index in [4.69, 9.17) is 9.47 Å². The van der Waals surface area contributed by atoms with Crippen LogP contribution < -0.4 is 20.1 Å². The Morgan fingerprint density at radius 2 is 1.59 bits per heavy atom. The second kappa shape index (κ2) is 9.26. The zero-order chi connectivity index (χ0) is 23.7. The number of para-hydroxylation sites is 3. The summed E-state index contributed by atoms with van der Waals surface area (Å²) in [6, 6.07) is 23.9. The van der Waals surface area contributed by atoms with Crippen molar-refractivity contribution in [3.05, 3.63) is 95.2 Å². The maximum Gasteiger partial charge on any atom is 0.163 e. The molecule has 2 N–H and O–H groups in total. The van der Waals surface area contributed by atoms with E-state index in [-0.39, 0.29) is 23.8 Å². The van der Waals surface area contributed by atoms with Gasteiger partial charge in [0.05, 0.1) is 30.6 Å². The minimum Gasteiger partial charge on any atom is -0.497 e. The van der Waals surface area contributed by atoms with Gasteiger partial charge in [-0.1, -0.05) is 42.5 Å². The number of ketones is 1. The highest BCUT2D eigenvalue weighted by Crippen LogP contribution is 2.45. The first kappa shape index (κ1) is 22.1. The van der Waals surface area contributed by atoms with Crippen molar-refractivity contribution < 1.29 is 14.3 Å². The second-order valence-electron chi connectivity index (χ2n) is 9.15. The lowest BCUT2D eigenvalue weighted by atomic mass is 9.78. The Morgan fingerprint density at radius 1 is 0.882 bits per heavy atom. The molecule has 1 aliphatic heterocycles. The zero-order valence-corrected chi connectivity index (χ0v) is 19.8. The molecule has 5 rings (SSSR count). The number of anilines is 2. The summed E-state index contributed by atoms with van der Waals surface area (Å²) in [5, 5.41) is 7.26. The van der Waals surface area contributed by atoms with Gasteiger partial charge >= 0.3 is 0 Å². The Labute approximate surface area is 200 Å². The molecule has 3 aromatic rings. The number of ether oxygens (including phenoxy) is 2. The molecule has 2 atom stereocenters. The van der Waals surface area contributed by atoms with Crippen LogP contribution in [0.3, 0.4) is 0 Å². The summed E-state index contributed by atoms with van der Waals surface area (Å²) < 4.78 is 11.5. The van der Waals surface area contributed by atoms with Crippen LogP contribution >= 0.6 is 0 Å². The van der Waals surface area contributed by atoms with Crippen molar-refractivity contribution >= 4 is 17.2 Å². The van der Waals surface area contributed by atoms with Crippen LogP contribution in [-0.2, 0) is 4.79 Å². The van der Waals surface area contributed by atoms with Gasteiger partial charge in [-0.05, 0) is 62.1 Å². The van der Waals surface area contributed by atoms with Gasteiger partial charge in [0.2, 0.25) is 0 Å². The van der Waals surface area contributed by atoms with Gasteiger partial charge in [-0.15, -0.1) is 0 Å². The number of benzene rings is 3. The van der Waals surface area contributed by atoms with Gasteiger partial charge in [0.25, 0.3) is 0 Å². The average Bonchev–Trinajstić information content (AvgIpc) is 3.01. The Balaban J connectivity index is 1.59. The van der Waals surface area contributed by atoms with E-state index in [9.17, 15) is 4.79 Å². The van der Waals surface area contributed by atoms with E-state index in [1.807, 2.05) is 68.4 Å². The highest BCUT2D eigenvalue weighted by Gasteiger charge is 2.37. The third-order valence-electron chi connectivity index (χ3n) is 6.49. The number of fused-ring (bicyclic) bond motifs is 1. The summed E-state index contributed by atoms with van der Waals surface area (Å²) >= 11 is 0. The molecule has 174 valence electrons. The van der Waals surface area contributed by atoms with Crippen LogP contribution in [0, 0.1) is 0 Å². The molecule has 34 heavy (non-hydrogen) atoms. The molecule has 5 heteroatoms. The van der Waals surface area contributed by atoms with Crippen molar-refractivity contribution in [2.24, 2.45) is 0 Å². The lowest BCUT2D eigenvalue weighted by Crippen LogP contribution is -2.27. The van der Waals surface area contributed by atoms with Gasteiger partial charge in [-0.2, -0.15) is 0 Å². The molecule has 2 aliphatic rings. The van der Waals surface area contributed by atoms with Crippen LogP contribution in [0.2, 0.25) is 0 Å². The van der Waals surface area contributed by atoms with Crippen molar-refractivity contribution in [3.8, 4) is 11.5 Å². The number of methoxy groups -OCH3 is 1. The van der Waals surface area contributed by atoms with E-state index in [0.717, 1.165) is 51.7 Å². The Hall–Kier alpha value is -3.73. The fourth-order valence-corrected chi connectivity index (χ4v) is 4.92. The van der Waals surface area contributed by atoms with Gasteiger partial charge < -0.3 is 20.1 Å². The minimum atomic E-state index is -0.301. The normalized spacial score (nSPS) is 19.5. The summed E-state index contributed by atoms with van der Waals surface area (Å²) in [6.07, 6.45) is 1.26. The van der Waals surface area contributed by atoms with Gasteiger partial charge in [0.15, 0.2) is 5.78 Å². The molecule has 0 saturated heterocycles. The molecule has 3 aromatic carbocycles. The van der Waals surface area contributed by atoms with Gasteiger partial charge in [0, 0.05) is 23.3 Å². The lowest BCUT2D eigenvalue weighted by Gasteiger charge is -2.30. The second-order valence-corrected chi connectivity index (χ2v) is 9.15. The Kier molecular flexibility index (Phi) is 6.01. The summed E-state index contributed by atoms with van der Waals surface area (Å²) in [5.41, 5.74) is 5.82. The minimum absolute atomic E-state index is 0.0345. The molecule has 0 spiro atoms. The number of Topliss-reactive ketones (excluding diaryl/α,β-unsaturated/α-hetero) is 1. The molecule has 0 saturated carbocycles. The van der Waals surface area contributed by atoms with E-state index in [2.05, 4.69) is 28.8 Å². The van der Waals surface area contributed by atoms with Crippen LogP contribution in [-0.4, -0.2) is 19.0 Å². The summed E-state index contributed by atoms with van der Waals surface area (Å²) in [4.78, 5) is 13.8. The first-order chi connectivity index (χ1) is 16.5. The van der Waals surface area contributed by atoms with E-state index >= 15 is 0 Å². The summed E-state index contributed by atoms with van der Waals surface area (Å²) in [6.45, 7) is 4.04. The van der Waals surface area contributed by atoms with E-state index in [1.165, 1.54) is 0 Å².